The standard InChI is InChI=1S/C24H26N2O3S/c1-24(2)10-9-19-18(13-24)21(23(27)28)22(30-19)17-8-7-16(12-15(17)14-25-3)29-20-6-4-5-11-26-20/h4-8,11-12,25H,9-10,13-14H2,1-3H3,(H,27,28). The van der Waals surface area contributed by atoms with E-state index in [-0.39, 0.29) is 5.41 Å². The Morgan fingerprint density at radius 1 is 1.30 bits per heavy atom. The Morgan fingerprint density at radius 3 is 2.83 bits per heavy atom. The van der Waals surface area contributed by atoms with Crippen LogP contribution in [0.5, 0.6) is 11.6 Å². The summed E-state index contributed by atoms with van der Waals surface area (Å²) in [6, 6.07) is 11.4. The lowest BCUT2D eigenvalue weighted by Gasteiger charge is -2.29. The maximum Gasteiger partial charge on any atom is 0.337 e. The molecular formula is C24H26N2O3S. The summed E-state index contributed by atoms with van der Waals surface area (Å²) in [7, 11) is 1.89. The summed E-state index contributed by atoms with van der Waals surface area (Å²) in [6.07, 6.45) is 4.52. The lowest BCUT2D eigenvalue weighted by atomic mass is 9.76. The van der Waals surface area contributed by atoms with Gasteiger partial charge in [-0.25, -0.2) is 9.78 Å². The van der Waals surface area contributed by atoms with Crippen LogP contribution >= 0.6 is 11.3 Å². The SMILES string of the molecule is CNCc1cc(Oc2ccccn2)ccc1-c1sc2c(c1C(=O)O)CC(C)(C)CC2. The molecule has 0 aliphatic heterocycles. The monoisotopic (exact) mass is 422 g/mol. The lowest BCUT2D eigenvalue weighted by molar-refractivity contribution is 0.0696. The van der Waals surface area contributed by atoms with Crippen LogP contribution in [0.3, 0.4) is 0 Å². The molecule has 156 valence electrons. The summed E-state index contributed by atoms with van der Waals surface area (Å²) in [5.74, 6) is 0.368. The first-order valence-electron chi connectivity index (χ1n) is 10.1. The maximum absolute atomic E-state index is 12.3. The van der Waals surface area contributed by atoms with Gasteiger partial charge in [-0.2, -0.15) is 0 Å². The minimum atomic E-state index is -0.843. The summed E-state index contributed by atoms with van der Waals surface area (Å²) in [6.45, 7) is 5.05. The zero-order valence-corrected chi connectivity index (χ0v) is 18.3. The number of benzene rings is 1. The number of aromatic carboxylic acids is 1. The topological polar surface area (TPSA) is 71.5 Å². The van der Waals surface area contributed by atoms with Gasteiger partial charge < -0.3 is 15.2 Å². The quantitative estimate of drug-likeness (QED) is 0.546. The van der Waals surface area contributed by atoms with Crippen LogP contribution < -0.4 is 10.1 Å². The van der Waals surface area contributed by atoms with Crippen molar-refractivity contribution in [2.24, 2.45) is 5.41 Å². The zero-order chi connectivity index (χ0) is 21.3. The van der Waals surface area contributed by atoms with Gasteiger partial charge in [0.25, 0.3) is 0 Å². The molecule has 0 saturated carbocycles. The van der Waals surface area contributed by atoms with E-state index in [1.807, 2.05) is 43.4 Å². The molecule has 0 spiro atoms. The van der Waals surface area contributed by atoms with E-state index in [2.05, 4.69) is 24.1 Å². The van der Waals surface area contributed by atoms with Gasteiger partial charge in [-0.05, 0) is 72.7 Å². The fraction of sp³-hybridized carbons (Fsp3) is 0.333. The van der Waals surface area contributed by atoms with Gasteiger partial charge in [0.15, 0.2) is 0 Å². The third kappa shape index (κ3) is 4.11. The number of pyridine rings is 1. The van der Waals surface area contributed by atoms with Crippen LogP contribution in [0.1, 0.15) is 46.6 Å². The van der Waals surface area contributed by atoms with Gasteiger partial charge in [-0.1, -0.05) is 19.9 Å². The van der Waals surface area contributed by atoms with Gasteiger partial charge in [-0.3, -0.25) is 0 Å². The fourth-order valence-electron chi connectivity index (χ4n) is 4.06. The van der Waals surface area contributed by atoms with E-state index in [0.717, 1.165) is 40.8 Å². The Hall–Kier alpha value is -2.70. The average molecular weight is 423 g/mol. The molecular weight excluding hydrogens is 396 g/mol. The summed E-state index contributed by atoms with van der Waals surface area (Å²) in [4.78, 5) is 18.5. The minimum Gasteiger partial charge on any atom is -0.478 e. The molecule has 4 rings (SSSR count). The van der Waals surface area contributed by atoms with Crippen molar-refractivity contribution in [1.29, 1.82) is 0 Å². The average Bonchev–Trinajstić information content (AvgIpc) is 3.06. The van der Waals surface area contributed by atoms with Gasteiger partial charge in [0.05, 0.1) is 5.56 Å². The smallest absolute Gasteiger partial charge is 0.337 e. The summed E-state index contributed by atoms with van der Waals surface area (Å²) < 4.78 is 5.89. The van der Waals surface area contributed by atoms with Crippen LogP contribution in [0.25, 0.3) is 10.4 Å². The molecule has 5 nitrogen and oxygen atoms in total. The van der Waals surface area contributed by atoms with Gasteiger partial charge in [-0.15, -0.1) is 11.3 Å². The van der Waals surface area contributed by atoms with Crippen LogP contribution in [0.2, 0.25) is 0 Å². The van der Waals surface area contributed by atoms with Crippen molar-refractivity contribution in [3.05, 3.63) is 64.2 Å². The third-order valence-electron chi connectivity index (χ3n) is 5.54. The third-order valence-corrected chi connectivity index (χ3v) is 6.86. The Morgan fingerprint density at radius 2 is 2.13 bits per heavy atom. The van der Waals surface area contributed by atoms with Crippen LogP contribution in [-0.4, -0.2) is 23.1 Å². The number of nitrogens with zero attached hydrogens (tertiary/aromatic N) is 1. The van der Waals surface area contributed by atoms with Crippen molar-refractivity contribution >= 4 is 17.3 Å². The van der Waals surface area contributed by atoms with Crippen molar-refractivity contribution in [1.82, 2.24) is 10.3 Å². The molecule has 0 atom stereocenters. The Bertz CT molecular complexity index is 1070. The van der Waals surface area contributed by atoms with Crippen molar-refractivity contribution in [3.8, 4) is 22.1 Å². The second-order valence-corrected chi connectivity index (χ2v) is 9.58. The van der Waals surface area contributed by atoms with Crippen molar-refractivity contribution < 1.29 is 14.6 Å². The van der Waals surface area contributed by atoms with Gasteiger partial charge >= 0.3 is 5.97 Å². The second kappa shape index (κ2) is 8.20. The number of carboxylic acids is 1. The van der Waals surface area contributed by atoms with E-state index in [0.29, 0.717) is 23.7 Å². The molecule has 2 heterocycles. The van der Waals surface area contributed by atoms with E-state index in [1.165, 1.54) is 4.88 Å². The molecule has 6 heteroatoms. The van der Waals surface area contributed by atoms with Crippen molar-refractivity contribution in [3.63, 3.8) is 0 Å². The maximum atomic E-state index is 12.3. The number of carboxylic acid groups (broad SMARTS) is 1. The molecule has 1 aliphatic carbocycles. The molecule has 0 amide bonds. The minimum absolute atomic E-state index is 0.129. The number of carbonyl (C=O) groups is 1. The van der Waals surface area contributed by atoms with Crippen LogP contribution in [0.4, 0.5) is 0 Å². The number of fused-ring (bicyclic) bond motifs is 1. The summed E-state index contributed by atoms with van der Waals surface area (Å²) >= 11 is 1.63. The number of aromatic nitrogens is 1. The van der Waals surface area contributed by atoms with E-state index < -0.39 is 5.97 Å². The molecule has 1 aromatic carbocycles. The number of nitrogens with one attached hydrogen (secondary N) is 1. The molecule has 0 unspecified atom stereocenters. The molecule has 2 N–H and O–H groups in total. The Labute approximate surface area is 180 Å². The highest BCUT2D eigenvalue weighted by molar-refractivity contribution is 7.16. The molecule has 1 aliphatic rings. The molecule has 0 radical (unpaired) electrons. The lowest BCUT2D eigenvalue weighted by Crippen LogP contribution is -2.22. The first-order valence-corrected chi connectivity index (χ1v) is 10.9. The molecule has 0 fully saturated rings. The number of aryl methyl sites for hydroxylation is 1. The number of hydrogen-bond donors (Lipinski definition) is 2. The Kier molecular flexibility index (Phi) is 5.62. The number of thiophene rings is 1. The number of ether oxygens (including phenoxy) is 1. The summed E-state index contributed by atoms with van der Waals surface area (Å²) in [5, 5.41) is 13.3. The molecule has 0 bridgehead atoms. The molecule has 30 heavy (non-hydrogen) atoms. The predicted molar refractivity (Wildman–Crippen MR) is 120 cm³/mol. The number of rotatable bonds is 6. The van der Waals surface area contributed by atoms with Crippen LogP contribution in [0, 0.1) is 5.41 Å². The molecule has 2 aromatic heterocycles. The van der Waals surface area contributed by atoms with Gasteiger partial charge in [0.1, 0.15) is 5.75 Å². The Balaban J connectivity index is 1.78. The van der Waals surface area contributed by atoms with Crippen LogP contribution in [0.15, 0.2) is 42.6 Å². The van der Waals surface area contributed by atoms with E-state index in [9.17, 15) is 9.90 Å². The first-order chi connectivity index (χ1) is 14.4. The molecule has 3 aromatic rings. The van der Waals surface area contributed by atoms with E-state index in [4.69, 9.17) is 4.74 Å². The predicted octanol–water partition coefficient (Wildman–Crippen LogP) is 5.53. The summed E-state index contributed by atoms with van der Waals surface area (Å²) in [5.41, 5.74) is 3.57. The number of hydrogen-bond acceptors (Lipinski definition) is 5. The highest BCUT2D eigenvalue weighted by atomic mass is 32.1. The first kappa shape index (κ1) is 20.6. The van der Waals surface area contributed by atoms with Crippen molar-refractivity contribution in [2.75, 3.05) is 7.05 Å². The highest BCUT2D eigenvalue weighted by Gasteiger charge is 2.33. The molecule has 0 saturated heterocycles. The van der Waals surface area contributed by atoms with E-state index >= 15 is 0 Å². The van der Waals surface area contributed by atoms with E-state index in [1.54, 1.807) is 17.5 Å². The zero-order valence-electron chi connectivity index (χ0n) is 17.5. The van der Waals surface area contributed by atoms with Crippen LogP contribution in [-0.2, 0) is 19.4 Å². The highest BCUT2D eigenvalue weighted by Crippen LogP contribution is 2.46. The van der Waals surface area contributed by atoms with Crippen molar-refractivity contribution in [2.45, 2.75) is 39.7 Å². The largest absolute Gasteiger partial charge is 0.478 e. The second-order valence-electron chi connectivity index (χ2n) is 8.47. The van der Waals surface area contributed by atoms with Gasteiger partial charge in [0, 0.05) is 28.6 Å². The van der Waals surface area contributed by atoms with Gasteiger partial charge in [0.2, 0.25) is 5.88 Å². The normalized spacial score (nSPS) is 14.9. The fourth-order valence-corrected chi connectivity index (χ4v) is 5.43.